The predicted molar refractivity (Wildman–Crippen MR) is 261 cm³/mol. The molecule has 0 N–H and O–H groups in total. The van der Waals surface area contributed by atoms with Crippen LogP contribution in [0, 0.1) is 0 Å². The third-order valence-corrected chi connectivity index (χ3v) is 14.1. The molecule has 2 aliphatic rings. The van der Waals surface area contributed by atoms with Crippen LogP contribution < -0.4 is 0 Å². The molecule has 0 fully saturated rings. The molecule has 1 spiro atoms. The molecule has 0 atom stereocenters. The molecular formula is C59H36N4S. The van der Waals surface area contributed by atoms with E-state index in [4.69, 9.17) is 19.9 Å². The lowest BCUT2D eigenvalue weighted by molar-refractivity contribution is 0.724. The van der Waals surface area contributed by atoms with Crippen molar-refractivity contribution in [3.63, 3.8) is 0 Å². The van der Waals surface area contributed by atoms with Gasteiger partial charge in [-0.1, -0.05) is 206 Å². The van der Waals surface area contributed by atoms with E-state index in [1.807, 2.05) is 48.2 Å². The first-order valence-electron chi connectivity index (χ1n) is 21.6. The second-order valence-electron chi connectivity index (χ2n) is 16.5. The average molecular weight is 833 g/mol. The molecule has 5 heteroatoms. The van der Waals surface area contributed by atoms with Crippen LogP contribution in [0.15, 0.2) is 228 Å². The van der Waals surface area contributed by atoms with Crippen molar-refractivity contribution in [3.05, 3.63) is 241 Å². The Kier molecular flexibility index (Phi) is 8.33. The standard InChI is InChI=1S/C59H36N4S/c1-4-16-37(17-5-1)38-28-30-41(31-29-38)57-61-56(40-20-8-3-9-21-40)62-58(63-57)42-32-33-45-46-35-51-54(36-47(46)55(60-52(45)34-42)39-18-6-2-7-19-39)64-53-27-15-14-26-50(53)59(51)48-24-12-10-22-43(48)44-23-11-13-25-49(44)59/h1-36H. The fraction of sp³-hybridized carbons (Fsp3) is 0.0169. The molecule has 0 saturated carbocycles. The summed E-state index contributed by atoms with van der Waals surface area (Å²) in [5.41, 5.74) is 15.3. The highest BCUT2D eigenvalue weighted by atomic mass is 32.2. The topological polar surface area (TPSA) is 51.6 Å². The fourth-order valence-corrected chi connectivity index (χ4v) is 11.3. The van der Waals surface area contributed by atoms with Crippen molar-refractivity contribution in [1.82, 2.24) is 19.9 Å². The van der Waals surface area contributed by atoms with Crippen molar-refractivity contribution in [3.8, 4) is 67.7 Å². The molecule has 0 amide bonds. The monoisotopic (exact) mass is 832 g/mol. The number of aromatic nitrogens is 4. The summed E-state index contributed by atoms with van der Waals surface area (Å²) in [6.07, 6.45) is 0. The highest BCUT2D eigenvalue weighted by molar-refractivity contribution is 7.99. The van der Waals surface area contributed by atoms with E-state index in [0.29, 0.717) is 17.5 Å². The Morgan fingerprint density at radius 3 is 1.44 bits per heavy atom. The van der Waals surface area contributed by atoms with Crippen LogP contribution in [0.4, 0.5) is 0 Å². The van der Waals surface area contributed by atoms with Gasteiger partial charge >= 0.3 is 0 Å². The van der Waals surface area contributed by atoms with Gasteiger partial charge in [-0.25, -0.2) is 19.9 Å². The van der Waals surface area contributed by atoms with Gasteiger partial charge < -0.3 is 0 Å². The van der Waals surface area contributed by atoms with E-state index in [0.717, 1.165) is 55.2 Å². The van der Waals surface area contributed by atoms with Crippen LogP contribution >= 0.6 is 11.8 Å². The number of hydrogen-bond donors (Lipinski definition) is 0. The molecule has 4 nitrogen and oxygen atoms in total. The highest BCUT2D eigenvalue weighted by Gasteiger charge is 2.50. The lowest BCUT2D eigenvalue weighted by Crippen LogP contribution is -2.32. The molecule has 9 aromatic carbocycles. The smallest absolute Gasteiger partial charge is 0.164 e. The van der Waals surface area contributed by atoms with E-state index in [1.165, 1.54) is 48.7 Å². The van der Waals surface area contributed by atoms with E-state index < -0.39 is 5.41 Å². The summed E-state index contributed by atoms with van der Waals surface area (Å²) in [6, 6.07) is 78.0. The van der Waals surface area contributed by atoms with Gasteiger partial charge in [0, 0.05) is 42.8 Å². The second-order valence-corrected chi connectivity index (χ2v) is 17.6. The summed E-state index contributed by atoms with van der Waals surface area (Å²) in [7, 11) is 0. The van der Waals surface area contributed by atoms with Gasteiger partial charge in [-0.3, -0.25) is 0 Å². The van der Waals surface area contributed by atoms with Crippen LogP contribution in [0.25, 0.3) is 89.4 Å². The van der Waals surface area contributed by atoms with Crippen LogP contribution in [0.3, 0.4) is 0 Å². The Bertz CT molecular complexity index is 3580. The number of fused-ring (bicyclic) bond motifs is 12. The van der Waals surface area contributed by atoms with Crippen molar-refractivity contribution in [2.75, 3.05) is 0 Å². The first-order valence-corrected chi connectivity index (χ1v) is 22.4. The fourth-order valence-electron chi connectivity index (χ4n) is 10.1. The summed E-state index contributed by atoms with van der Waals surface area (Å²) in [6.45, 7) is 0. The minimum absolute atomic E-state index is 0.491. The normalized spacial score (nSPS) is 13.1. The van der Waals surface area contributed by atoms with E-state index >= 15 is 0 Å². The van der Waals surface area contributed by atoms with E-state index in [1.54, 1.807) is 0 Å². The summed E-state index contributed by atoms with van der Waals surface area (Å²) in [5.74, 6) is 1.83. The quantitative estimate of drug-likeness (QED) is 0.162. The maximum atomic E-state index is 5.53. The van der Waals surface area contributed by atoms with Crippen molar-refractivity contribution >= 4 is 33.4 Å². The van der Waals surface area contributed by atoms with Gasteiger partial charge in [0.25, 0.3) is 0 Å². The van der Waals surface area contributed by atoms with E-state index in [2.05, 4.69) is 182 Å². The predicted octanol–water partition coefficient (Wildman–Crippen LogP) is 14.7. The largest absolute Gasteiger partial charge is 0.247 e. The molecule has 298 valence electrons. The molecule has 0 saturated heterocycles. The van der Waals surface area contributed by atoms with E-state index in [9.17, 15) is 0 Å². The maximum absolute atomic E-state index is 5.53. The maximum Gasteiger partial charge on any atom is 0.164 e. The van der Waals surface area contributed by atoms with E-state index in [-0.39, 0.29) is 0 Å². The molecule has 0 unspecified atom stereocenters. The zero-order valence-electron chi connectivity index (χ0n) is 34.5. The lowest BCUT2D eigenvalue weighted by Gasteiger charge is -2.40. The van der Waals surface area contributed by atoms with Gasteiger partial charge in [-0.15, -0.1) is 0 Å². The lowest BCUT2D eigenvalue weighted by atomic mass is 9.67. The molecule has 1 aliphatic carbocycles. The minimum Gasteiger partial charge on any atom is -0.247 e. The molecule has 1 aliphatic heterocycles. The zero-order valence-corrected chi connectivity index (χ0v) is 35.3. The van der Waals surface area contributed by atoms with Gasteiger partial charge in [-0.05, 0) is 74.2 Å². The minimum atomic E-state index is -0.491. The Morgan fingerprint density at radius 1 is 0.297 bits per heavy atom. The number of benzene rings is 9. The summed E-state index contributed by atoms with van der Waals surface area (Å²) < 4.78 is 0. The van der Waals surface area contributed by atoms with Gasteiger partial charge in [0.15, 0.2) is 17.5 Å². The Balaban J connectivity index is 1.04. The summed E-state index contributed by atoms with van der Waals surface area (Å²) in [5, 5.41) is 3.36. The second kappa shape index (κ2) is 14.6. The SMILES string of the molecule is c1ccc(-c2ccc(-c3nc(-c4ccccc4)nc(-c4ccc5c(c4)nc(-c4ccccc4)c4cc6c(cc45)C4(c5ccccc5S6)c5ccccc5-c5ccccc54)n3)cc2)cc1. The first kappa shape index (κ1) is 36.6. The number of pyridine rings is 1. The van der Waals surface area contributed by atoms with Crippen molar-refractivity contribution < 1.29 is 0 Å². The van der Waals surface area contributed by atoms with Crippen molar-refractivity contribution in [2.24, 2.45) is 0 Å². The molecule has 0 bridgehead atoms. The number of rotatable bonds is 5. The van der Waals surface area contributed by atoms with Crippen LogP contribution in [0.2, 0.25) is 0 Å². The molecule has 11 aromatic rings. The summed E-state index contributed by atoms with van der Waals surface area (Å²) in [4.78, 5) is 23.4. The van der Waals surface area contributed by atoms with Crippen LogP contribution in [0.5, 0.6) is 0 Å². The molecule has 0 radical (unpaired) electrons. The van der Waals surface area contributed by atoms with Crippen LogP contribution in [-0.4, -0.2) is 19.9 Å². The molecular weight excluding hydrogens is 797 g/mol. The number of nitrogens with zero attached hydrogens (tertiary/aromatic N) is 4. The average Bonchev–Trinajstić information content (AvgIpc) is 3.66. The molecule has 64 heavy (non-hydrogen) atoms. The molecule has 13 rings (SSSR count). The summed E-state index contributed by atoms with van der Waals surface area (Å²) >= 11 is 1.86. The van der Waals surface area contributed by atoms with Crippen LogP contribution in [0.1, 0.15) is 22.3 Å². The highest BCUT2D eigenvalue weighted by Crippen LogP contribution is 2.62. The van der Waals surface area contributed by atoms with Crippen molar-refractivity contribution in [2.45, 2.75) is 15.2 Å². The Labute approximate surface area is 375 Å². The first-order chi connectivity index (χ1) is 31.7. The van der Waals surface area contributed by atoms with Crippen molar-refractivity contribution in [1.29, 1.82) is 0 Å². The van der Waals surface area contributed by atoms with Crippen LogP contribution in [-0.2, 0) is 5.41 Å². The molecule has 3 heterocycles. The van der Waals surface area contributed by atoms with Gasteiger partial charge in [0.1, 0.15) is 0 Å². The zero-order chi connectivity index (χ0) is 42.2. The third-order valence-electron chi connectivity index (χ3n) is 13.0. The Hall–Kier alpha value is -7.99. The Morgan fingerprint density at radius 2 is 0.781 bits per heavy atom. The molecule has 2 aromatic heterocycles. The van der Waals surface area contributed by atoms with Gasteiger partial charge in [-0.2, -0.15) is 0 Å². The third kappa shape index (κ3) is 5.64. The van der Waals surface area contributed by atoms with Gasteiger partial charge in [0.2, 0.25) is 0 Å². The van der Waals surface area contributed by atoms with Gasteiger partial charge in [0.05, 0.1) is 16.6 Å². The number of hydrogen-bond acceptors (Lipinski definition) is 5.